The Balaban J connectivity index is 2.61. The molecule has 98 valence electrons. The van der Waals surface area contributed by atoms with Crippen LogP contribution in [0.4, 0.5) is 5.69 Å². The van der Waals surface area contributed by atoms with Crippen molar-refractivity contribution >= 4 is 17.3 Å². The molecule has 1 aromatic heterocycles. The molecule has 2 rings (SSSR count). The van der Waals surface area contributed by atoms with Gasteiger partial charge in [-0.1, -0.05) is 20.8 Å². The molecule has 0 aliphatic carbocycles. The van der Waals surface area contributed by atoms with Gasteiger partial charge in [0.25, 0.3) is 5.91 Å². The van der Waals surface area contributed by atoms with Crippen LogP contribution in [-0.4, -0.2) is 27.9 Å². The van der Waals surface area contributed by atoms with Gasteiger partial charge in [0, 0.05) is 17.7 Å². The molecule has 0 unspecified atom stereocenters. The monoisotopic (exact) mass is 248 g/mol. The normalized spacial score (nSPS) is 15.8. The number of nitrogens with zero attached hydrogens (tertiary/aromatic N) is 3. The van der Waals surface area contributed by atoms with Crippen molar-refractivity contribution in [3.63, 3.8) is 0 Å². The zero-order valence-electron chi connectivity index (χ0n) is 11.7. The molecule has 0 saturated heterocycles. The van der Waals surface area contributed by atoms with Gasteiger partial charge in [0.05, 0.1) is 12.2 Å². The molecule has 0 atom stereocenters. The van der Waals surface area contributed by atoms with E-state index in [0.717, 1.165) is 17.1 Å². The third-order valence-corrected chi connectivity index (χ3v) is 3.14. The molecule has 1 aromatic rings. The van der Waals surface area contributed by atoms with Crippen molar-refractivity contribution in [3.8, 4) is 0 Å². The fourth-order valence-corrected chi connectivity index (χ4v) is 2.01. The van der Waals surface area contributed by atoms with Crippen LogP contribution in [0, 0.1) is 12.3 Å². The lowest BCUT2D eigenvalue weighted by Gasteiger charge is -2.20. The first kappa shape index (κ1) is 12.8. The Morgan fingerprint density at radius 3 is 2.61 bits per heavy atom. The first-order valence-electron chi connectivity index (χ1n) is 6.28. The Labute approximate surface area is 107 Å². The zero-order chi connectivity index (χ0) is 13.5. The number of fused-ring (bicyclic) bond motifs is 1. The van der Waals surface area contributed by atoms with E-state index in [1.54, 1.807) is 4.68 Å². The predicted octanol–water partition coefficient (Wildman–Crippen LogP) is 2.07. The van der Waals surface area contributed by atoms with E-state index >= 15 is 0 Å². The van der Waals surface area contributed by atoms with Gasteiger partial charge < -0.3 is 5.32 Å². The highest BCUT2D eigenvalue weighted by Crippen LogP contribution is 2.29. The average Bonchev–Trinajstić information content (AvgIpc) is 2.46. The quantitative estimate of drug-likeness (QED) is 0.827. The van der Waals surface area contributed by atoms with E-state index in [2.05, 4.69) is 36.2 Å². The van der Waals surface area contributed by atoms with Crippen molar-refractivity contribution in [1.82, 2.24) is 15.1 Å². The Morgan fingerprint density at radius 2 is 2.06 bits per heavy atom. The summed E-state index contributed by atoms with van der Waals surface area (Å²) in [5.41, 5.74) is 3.03. The van der Waals surface area contributed by atoms with Gasteiger partial charge in [-0.15, -0.1) is 0 Å². The van der Waals surface area contributed by atoms with Crippen LogP contribution in [0.2, 0.25) is 0 Å². The first-order chi connectivity index (χ1) is 8.34. The molecule has 18 heavy (non-hydrogen) atoms. The van der Waals surface area contributed by atoms with E-state index in [1.165, 1.54) is 0 Å². The van der Waals surface area contributed by atoms with E-state index in [0.29, 0.717) is 18.8 Å². The van der Waals surface area contributed by atoms with E-state index in [1.807, 2.05) is 13.8 Å². The Morgan fingerprint density at radius 1 is 1.39 bits per heavy atom. The molecule has 5 nitrogen and oxygen atoms in total. The summed E-state index contributed by atoms with van der Waals surface area (Å²) in [6, 6.07) is 0. The highest BCUT2D eigenvalue weighted by molar-refractivity contribution is 6.05. The van der Waals surface area contributed by atoms with Crippen LogP contribution in [0.1, 0.15) is 43.9 Å². The van der Waals surface area contributed by atoms with Gasteiger partial charge in [-0.05, 0) is 13.8 Å². The molecule has 1 aliphatic heterocycles. The molecule has 0 aromatic carbocycles. The first-order valence-corrected chi connectivity index (χ1v) is 6.28. The lowest BCUT2D eigenvalue weighted by Crippen LogP contribution is -2.34. The van der Waals surface area contributed by atoms with Gasteiger partial charge in [0.1, 0.15) is 5.69 Å². The van der Waals surface area contributed by atoms with Gasteiger partial charge >= 0.3 is 0 Å². The van der Waals surface area contributed by atoms with Gasteiger partial charge in [-0.25, -0.2) is 0 Å². The van der Waals surface area contributed by atoms with Crippen molar-refractivity contribution < 1.29 is 4.79 Å². The molecule has 0 radical (unpaired) electrons. The molecule has 0 bridgehead atoms. The van der Waals surface area contributed by atoms with Gasteiger partial charge in [0.15, 0.2) is 5.69 Å². The summed E-state index contributed by atoms with van der Waals surface area (Å²) in [6.07, 6.45) is 0. The molecular weight excluding hydrogens is 228 g/mol. The number of amides is 1. The number of carbonyl (C=O) groups is 1. The Kier molecular flexibility index (Phi) is 3.00. The lowest BCUT2D eigenvalue weighted by atomic mass is 9.90. The third kappa shape index (κ3) is 2.05. The zero-order valence-corrected chi connectivity index (χ0v) is 11.7. The Bertz CT molecular complexity index is 520. The summed E-state index contributed by atoms with van der Waals surface area (Å²) in [5, 5.41) is 7.28. The molecule has 1 amide bonds. The molecule has 2 heterocycles. The highest BCUT2D eigenvalue weighted by atomic mass is 16.2. The van der Waals surface area contributed by atoms with Crippen LogP contribution in [0.25, 0.3) is 0 Å². The minimum Gasteiger partial charge on any atom is -0.345 e. The maximum Gasteiger partial charge on any atom is 0.272 e. The second-order valence-electron chi connectivity index (χ2n) is 5.59. The van der Waals surface area contributed by atoms with Crippen molar-refractivity contribution in [3.05, 3.63) is 11.4 Å². The number of aromatic nitrogens is 2. The van der Waals surface area contributed by atoms with Crippen molar-refractivity contribution in [2.45, 2.75) is 41.2 Å². The smallest absolute Gasteiger partial charge is 0.272 e. The average molecular weight is 248 g/mol. The maximum atomic E-state index is 12.1. The van der Waals surface area contributed by atoms with Crippen molar-refractivity contribution in [1.29, 1.82) is 0 Å². The largest absolute Gasteiger partial charge is 0.345 e. The number of hydrogen-bond donors (Lipinski definition) is 1. The summed E-state index contributed by atoms with van der Waals surface area (Å²) >= 11 is 0. The van der Waals surface area contributed by atoms with Crippen molar-refractivity contribution in [2.24, 2.45) is 10.4 Å². The Hall–Kier alpha value is -1.65. The number of aryl methyl sites for hydroxylation is 2. The molecule has 0 saturated carbocycles. The van der Waals surface area contributed by atoms with Crippen LogP contribution < -0.4 is 5.32 Å². The van der Waals surface area contributed by atoms with E-state index in [9.17, 15) is 4.79 Å². The SMILES string of the molecule is CCn1nc(C)c2c1C(=O)NCC(C(C)(C)C)=N2. The molecule has 0 spiro atoms. The maximum absolute atomic E-state index is 12.1. The fraction of sp³-hybridized carbons (Fsp3) is 0.615. The summed E-state index contributed by atoms with van der Waals surface area (Å²) in [5.74, 6) is -0.0875. The summed E-state index contributed by atoms with van der Waals surface area (Å²) in [4.78, 5) is 16.8. The number of rotatable bonds is 1. The summed E-state index contributed by atoms with van der Waals surface area (Å²) in [7, 11) is 0. The molecular formula is C13H20N4O. The topological polar surface area (TPSA) is 59.3 Å². The third-order valence-electron chi connectivity index (χ3n) is 3.14. The van der Waals surface area contributed by atoms with Crippen LogP contribution in [0.5, 0.6) is 0 Å². The standard InChI is InChI=1S/C13H20N4O/c1-6-17-11-10(8(2)16-17)15-9(13(3,4)5)7-14-12(11)18/h6-7H2,1-5H3,(H,14,18). The van der Waals surface area contributed by atoms with Crippen molar-refractivity contribution in [2.75, 3.05) is 6.54 Å². The second-order valence-corrected chi connectivity index (χ2v) is 5.59. The fourth-order valence-electron chi connectivity index (χ4n) is 2.01. The minimum atomic E-state index is -0.0875. The van der Waals surface area contributed by atoms with Crippen LogP contribution in [0.3, 0.4) is 0 Å². The number of aliphatic imine (C=N–C) groups is 1. The number of hydrogen-bond acceptors (Lipinski definition) is 3. The minimum absolute atomic E-state index is 0.0599. The van der Waals surface area contributed by atoms with Crippen LogP contribution >= 0.6 is 0 Å². The second kappa shape index (κ2) is 4.23. The molecule has 0 fully saturated rings. The van der Waals surface area contributed by atoms with E-state index in [4.69, 9.17) is 0 Å². The molecule has 1 N–H and O–H groups in total. The molecule has 5 heteroatoms. The predicted molar refractivity (Wildman–Crippen MR) is 71.5 cm³/mol. The molecule has 1 aliphatic rings. The van der Waals surface area contributed by atoms with Crippen LogP contribution in [-0.2, 0) is 6.54 Å². The van der Waals surface area contributed by atoms with Gasteiger partial charge in [-0.2, -0.15) is 5.10 Å². The lowest BCUT2D eigenvalue weighted by molar-refractivity contribution is 0.0950. The number of nitrogens with one attached hydrogen (secondary N) is 1. The van der Waals surface area contributed by atoms with Crippen LogP contribution in [0.15, 0.2) is 4.99 Å². The van der Waals surface area contributed by atoms with E-state index < -0.39 is 0 Å². The summed E-state index contributed by atoms with van der Waals surface area (Å²) in [6.45, 7) is 11.3. The number of carbonyl (C=O) groups excluding carboxylic acids is 1. The highest BCUT2D eigenvalue weighted by Gasteiger charge is 2.28. The van der Waals surface area contributed by atoms with E-state index in [-0.39, 0.29) is 11.3 Å². The summed E-state index contributed by atoms with van der Waals surface area (Å²) < 4.78 is 1.72. The van der Waals surface area contributed by atoms with Gasteiger partial charge in [0.2, 0.25) is 0 Å². The van der Waals surface area contributed by atoms with Gasteiger partial charge in [-0.3, -0.25) is 14.5 Å².